The SMILES string of the molecule is N#Cc1c(N2CCN(C34CC(C3)C(C(F)(F)F)C4)CC2)[nH]n2c(=O)c(-c3ccc(Cl)cc3)cnc12. The van der Waals surface area contributed by atoms with Crippen molar-refractivity contribution >= 4 is 23.1 Å². The van der Waals surface area contributed by atoms with Gasteiger partial charge in [-0.05, 0) is 42.9 Å². The maximum Gasteiger partial charge on any atom is 0.392 e. The lowest BCUT2D eigenvalue weighted by atomic mass is 9.74. The second kappa shape index (κ2) is 7.73. The van der Waals surface area contributed by atoms with Gasteiger partial charge in [0.15, 0.2) is 5.65 Å². The van der Waals surface area contributed by atoms with Gasteiger partial charge < -0.3 is 4.90 Å². The van der Waals surface area contributed by atoms with E-state index in [0.717, 1.165) is 0 Å². The lowest BCUT2D eigenvalue weighted by Crippen LogP contribution is -2.59. The molecule has 4 fully saturated rings. The van der Waals surface area contributed by atoms with E-state index >= 15 is 0 Å². The minimum Gasteiger partial charge on any atom is -0.353 e. The third-order valence-corrected chi connectivity index (χ3v) is 8.30. The Kier molecular flexibility index (Phi) is 4.96. The standard InChI is InChI=1S/C24H22ClF3N6O/c25-16-3-1-14(2-4-16)18-13-30-20-17(12-29)21(31-34(20)22(18)35)32-5-7-33(8-6-32)23-9-15(10-23)19(11-23)24(26,27)28/h1-4,13,15,19,31H,5-11H2. The quantitative estimate of drug-likeness (QED) is 0.584. The molecule has 0 spiro atoms. The first-order chi connectivity index (χ1) is 16.7. The number of anilines is 1. The molecule has 7 rings (SSSR count). The van der Waals surface area contributed by atoms with Gasteiger partial charge in [-0.25, -0.2) is 4.98 Å². The van der Waals surface area contributed by atoms with Crippen molar-refractivity contribution in [2.45, 2.75) is 31.0 Å². The molecule has 1 atom stereocenters. The van der Waals surface area contributed by atoms with E-state index < -0.39 is 12.1 Å². The number of rotatable bonds is 3. The van der Waals surface area contributed by atoms with Gasteiger partial charge in [0.25, 0.3) is 5.56 Å². The van der Waals surface area contributed by atoms with E-state index in [9.17, 15) is 23.2 Å². The molecular formula is C24H22ClF3N6O. The van der Waals surface area contributed by atoms with Crippen molar-refractivity contribution in [3.63, 3.8) is 0 Å². The molecule has 3 aromatic rings. The second-order valence-corrected chi connectivity index (χ2v) is 10.2. The molecule has 1 N–H and O–H groups in total. The van der Waals surface area contributed by atoms with Gasteiger partial charge >= 0.3 is 6.18 Å². The third kappa shape index (κ3) is 3.44. The molecule has 1 unspecified atom stereocenters. The summed E-state index contributed by atoms with van der Waals surface area (Å²) in [7, 11) is 0. The number of aromatic nitrogens is 3. The number of piperazine rings is 1. The number of H-pyrrole nitrogens is 1. The van der Waals surface area contributed by atoms with Crippen LogP contribution >= 0.6 is 11.6 Å². The van der Waals surface area contributed by atoms with E-state index in [4.69, 9.17) is 11.6 Å². The molecule has 7 nitrogen and oxygen atoms in total. The predicted octanol–water partition coefficient (Wildman–Crippen LogP) is 4.07. The number of alkyl halides is 3. The minimum atomic E-state index is -4.12. The zero-order valence-electron chi connectivity index (χ0n) is 18.6. The van der Waals surface area contributed by atoms with E-state index in [0.29, 0.717) is 61.0 Å². The average Bonchev–Trinajstić information content (AvgIpc) is 3.50. The van der Waals surface area contributed by atoms with Crippen LogP contribution in [-0.2, 0) is 0 Å². The molecule has 2 bridgehead atoms. The molecule has 0 amide bonds. The number of hydrogen-bond acceptors (Lipinski definition) is 5. The van der Waals surface area contributed by atoms with Gasteiger partial charge in [-0.15, -0.1) is 0 Å². The second-order valence-electron chi connectivity index (χ2n) is 9.81. The Morgan fingerprint density at radius 3 is 2.40 bits per heavy atom. The molecule has 3 saturated carbocycles. The van der Waals surface area contributed by atoms with Crippen LogP contribution in [0.1, 0.15) is 24.8 Å². The zero-order chi connectivity index (χ0) is 24.5. The fourth-order valence-electron chi connectivity index (χ4n) is 6.28. The van der Waals surface area contributed by atoms with Crippen LogP contribution in [0.25, 0.3) is 16.8 Å². The maximum atomic E-state index is 13.3. The smallest absolute Gasteiger partial charge is 0.353 e. The Morgan fingerprint density at radius 2 is 1.80 bits per heavy atom. The van der Waals surface area contributed by atoms with E-state index in [1.807, 2.05) is 4.90 Å². The number of benzene rings is 1. The van der Waals surface area contributed by atoms with E-state index in [-0.39, 0.29) is 34.6 Å². The molecule has 35 heavy (non-hydrogen) atoms. The zero-order valence-corrected chi connectivity index (χ0v) is 19.4. The molecule has 0 radical (unpaired) electrons. The van der Waals surface area contributed by atoms with Crippen molar-refractivity contribution in [3.8, 4) is 17.2 Å². The fraction of sp³-hybridized carbons (Fsp3) is 0.458. The van der Waals surface area contributed by atoms with E-state index in [1.165, 1.54) is 10.7 Å². The van der Waals surface area contributed by atoms with Crippen LogP contribution in [-0.4, -0.2) is 57.4 Å². The van der Waals surface area contributed by atoms with Gasteiger partial charge in [-0.1, -0.05) is 23.7 Å². The van der Waals surface area contributed by atoms with Gasteiger partial charge in [0, 0.05) is 42.9 Å². The Morgan fingerprint density at radius 1 is 1.11 bits per heavy atom. The number of halogens is 4. The molecule has 2 aromatic heterocycles. The molecule has 1 aromatic carbocycles. The summed E-state index contributed by atoms with van der Waals surface area (Å²) in [6.45, 7) is 2.30. The molecule has 182 valence electrons. The summed E-state index contributed by atoms with van der Waals surface area (Å²) in [5, 5.41) is 13.4. The number of fused-ring (bicyclic) bond motifs is 2. The van der Waals surface area contributed by atoms with Crippen molar-refractivity contribution < 1.29 is 13.2 Å². The minimum absolute atomic E-state index is 0.184. The molecule has 1 saturated heterocycles. The normalized spacial score (nSPS) is 26.7. The first kappa shape index (κ1) is 22.4. The van der Waals surface area contributed by atoms with Crippen molar-refractivity contribution in [3.05, 3.63) is 51.4 Å². The van der Waals surface area contributed by atoms with Gasteiger partial charge in [0.2, 0.25) is 0 Å². The van der Waals surface area contributed by atoms with Gasteiger partial charge in [0.05, 0.1) is 11.5 Å². The summed E-state index contributed by atoms with van der Waals surface area (Å²) >= 11 is 5.95. The van der Waals surface area contributed by atoms with Crippen LogP contribution in [0.4, 0.5) is 19.0 Å². The summed E-state index contributed by atoms with van der Waals surface area (Å²) in [5.74, 6) is -0.930. The first-order valence-electron chi connectivity index (χ1n) is 11.6. The summed E-state index contributed by atoms with van der Waals surface area (Å²) in [5.41, 5.74) is 0.885. The highest BCUT2D eigenvalue weighted by Gasteiger charge is 2.65. The lowest BCUT2D eigenvalue weighted by Gasteiger charge is -2.51. The predicted molar refractivity (Wildman–Crippen MR) is 124 cm³/mol. The lowest BCUT2D eigenvalue weighted by molar-refractivity contribution is -0.180. The highest BCUT2D eigenvalue weighted by Crippen LogP contribution is 2.62. The van der Waals surface area contributed by atoms with Crippen LogP contribution in [0, 0.1) is 23.2 Å². The molecular weight excluding hydrogens is 481 g/mol. The van der Waals surface area contributed by atoms with Crippen LogP contribution < -0.4 is 10.5 Å². The van der Waals surface area contributed by atoms with Crippen molar-refractivity contribution in [1.29, 1.82) is 5.26 Å². The summed E-state index contributed by atoms with van der Waals surface area (Å²) in [4.78, 5) is 21.8. The Labute approximate surface area is 203 Å². The highest BCUT2D eigenvalue weighted by molar-refractivity contribution is 6.30. The third-order valence-electron chi connectivity index (χ3n) is 8.05. The monoisotopic (exact) mass is 502 g/mol. The number of hydrogen-bond donors (Lipinski definition) is 1. The van der Waals surface area contributed by atoms with E-state index in [2.05, 4.69) is 21.1 Å². The number of aromatic amines is 1. The fourth-order valence-corrected chi connectivity index (χ4v) is 6.41. The van der Waals surface area contributed by atoms with Gasteiger partial charge in [-0.2, -0.15) is 22.9 Å². The van der Waals surface area contributed by atoms with Crippen molar-refractivity contribution in [2.75, 3.05) is 31.1 Å². The van der Waals surface area contributed by atoms with Crippen LogP contribution in [0.3, 0.4) is 0 Å². The molecule has 1 aliphatic heterocycles. The molecule has 11 heteroatoms. The summed E-state index contributed by atoms with van der Waals surface area (Å²) in [6.07, 6.45) is -1.26. The first-order valence-corrected chi connectivity index (χ1v) is 11.9. The van der Waals surface area contributed by atoms with Gasteiger partial charge in [0.1, 0.15) is 17.5 Å². The van der Waals surface area contributed by atoms with Crippen LogP contribution in [0.2, 0.25) is 5.02 Å². The number of nitriles is 1. The van der Waals surface area contributed by atoms with Crippen LogP contribution in [0.5, 0.6) is 0 Å². The Hall–Kier alpha value is -3.03. The largest absolute Gasteiger partial charge is 0.392 e. The van der Waals surface area contributed by atoms with Gasteiger partial charge in [-0.3, -0.25) is 14.8 Å². The Bertz CT molecular complexity index is 1390. The van der Waals surface area contributed by atoms with Crippen molar-refractivity contribution in [2.24, 2.45) is 11.8 Å². The molecule has 3 aliphatic carbocycles. The summed E-state index contributed by atoms with van der Waals surface area (Å²) < 4.78 is 41.3. The van der Waals surface area contributed by atoms with Crippen molar-refractivity contribution in [1.82, 2.24) is 19.5 Å². The number of nitrogens with one attached hydrogen (secondary N) is 1. The van der Waals surface area contributed by atoms with Crippen LogP contribution in [0.15, 0.2) is 35.3 Å². The summed E-state index contributed by atoms with van der Waals surface area (Å²) in [6, 6.07) is 9.01. The molecule has 3 heterocycles. The topological polar surface area (TPSA) is 80.4 Å². The highest BCUT2D eigenvalue weighted by atomic mass is 35.5. The molecule has 4 aliphatic rings. The average molecular weight is 503 g/mol. The number of nitrogens with zero attached hydrogens (tertiary/aromatic N) is 5. The van der Waals surface area contributed by atoms with E-state index in [1.54, 1.807) is 24.3 Å². The Balaban J connectivity index is 1.25. The maximum absolute atomic E-state index is 13.3.